The zero-order valence-corrected chi connectivity index (χ0v) is 27.2. The van der Waals surface area contributed by atoms with E-state index in [1.807, 2.05) is 55.5 Å². The molecule has 0 aliphatic carbocycles. The van der Waals surface area contributed by atoms with E-state index in [0.717, 1.165) is 57.7 Å². The Bertz CT molecular complexity index is 1870. The number of benzene rings is 2. The molecule has 2 aliphatic rings. The van der Waals surface area contributed by atoms with Crippen LogP contribution in [0, 0.1) is 0 Å². The number of nitrogens with one attached hydrogen (secondary N) is 2. The van der Waals surface area contributed by atoms with Crippen LogP contribution in [0.4, 0.5) is 0 Å². The van der Waals surface area contributed by atoms with E-state index in [9.17, 15) is 4.79 Å². The molecule has 43 heavy (non-hydrogen) atoms. The van der Waals surface area contributed by atoms with Gasteiger partial charge in [0.25, 0.3) is 0 Å². The average molecular weight is 618 g/mol. The largest absolute Gasteiger partial charge is 0.466 e. The number of nitrogens with zero attached hydrogens (tertiary/aromatic N) is 2. The van der Waals surface area contributed by atoms with E-state index in [0.29, 0.717) is 13.0 Å². The number of carbonyl (C=O) groups excluding carboxylic acids is 1. The van der Waals surface area contributed by atoms with Gasteiger partial charge in [-0.3, -0.25) is 4.79 Å². The van der Waals surface area contributed by atoms with Crippen LogP contribution in [0.2, 0.25) is 0 Å². The van der Waals surface area contributed by atoms with E-state index in [2.05, 4.69) is 86.7 Å². The molecule has 7 rings (SSSR count). The van der Waals surface area contributed by atoms with E-state index in [4.69, 9.17) is 4.74 Å². The van der Waals surface area contributed by atoms with Gasteiger partial charge in [-0.15, -0.1) is 0 Å². The summed E-state index contributed by atoms with van der Waals surface area (Å²) in [4.78, 5) is 27.3. The van der Waals surface area contributed by atoms with E-state index >= 15 is 0 Å². The van der Waals surface area contributed by atoms with Crippen molar-refractivity contribution in [3.63, 3.8) is 0 Å². The van der Waals surface area contributed by atoms with E-state index in [-0.39, 0.29) is 25.4 Å². The number of fused-ring (bicyclic) bond motifs is 9. The minimum absolute atomic E-state index is 0. The van der Waals surface area contributed by atoms with Crippen molar-refractivity contribution < 1.29 is 29.0 Å². The Balaban J connectivity index is 0.000000175. The number of ether oxygens (including phenoxy) is 1. The fourth-order valence-corrected chi connectivity index (χ4v) is 5.11. The molecule has 0 unspecified atom stereocenters. The van der Waals surface area contributed by atoms with Crippen LogP contribution in [0.1, 0.15) is 48.1 Å². The molecule has 8 bridgehead atoms. The van der Waals surface area contributed by atoms with Crippen molar-refractivity contribution in [2.24, 2.45) is 0 Å². The molecule has 0 saturated carbocycles. The van der Waals surface area contributed by atoms with Gasteiger partial charge in [-0.25, -0.2) is 9.97 Å². The second-order valence-corrected chi connectivity index (χ2v) is 10.2. The molecule has 0 fully saturated rings. The van der Waals surface area contributed by atoms with Crippen molar-refractivity contribution in [1.82, 2.24) is 19.9 Å². The zero-order chi connectivity index (χ0) is 28.7. The summed E-state index contributed by atoms with van der Waals surface area (Å²) in [6.45, 7) is 2.30. The predicted molar refractivity (Wildman–Crippen MR) is 172 cm³/mol. The number of hydrogen-bond acceptors (Lipinski definition) is 4. The third-order valence-corrected chi connectivity index (χ3v) is 7.05. The molecule has 5 heterocycles. The van der Waals surface area contributed by atoms with E-state index in [1.54, 1.807) is 0 Å². The maximum absolute atomic E-state index is 11.3. The number of rotatable bonds is 5. The SMILES string of the molecule is C1=Cc2cc3ccc(cc4ccc(cc5nc(cc1n2)C=C5)[nH]4)[nH]3.CCOC(=O)CCCc1cccc2ccccc12.[Zn]. The van der Waals surface area contributed by atoms with Crippen LogP contribution in [0.3, 0.4) is 0 Å². The van der Waals surface area contributed by atoms with Crippen molar-refractivity contribution in [1.29, 1.82) is 0 Å². The van der Waals surface area contributed by atoms with Crippen LogP contribution in [0.25, 0.3) is 57.1 Å². The van der Waals surface area contributed by atoms with Crippen LogP contribution in [0.15, 0.2) is 91.0 Å². The Kier molecular flexibility index (Phi) is 9.75. The fourth-order valence-electron chi connectivity index (χ4n) is 5.11. The summed E-state index contributed by atoms with van der Waals surface area (Å²) in [7, 11) is 0. The number of esters is 1. The van der Waals surface area contributed by atoms with Crippen molar-refractivity contribution in [2.75, 3.05) is 6.61 Å². The summed E-state index contributed by atoms with van der Waals surface area (Å²) in [5, 5.41) is 2.54. The Hall–Kier alpha value is -4.61. The van der Waals surface area contributed by atoms with Crippen molar-refractivity contribution in [3.05, 3.63) is 119 Å². The van der Waals surface area contributed by atoms with E-state index < -0.39 is 0 Å². The van der Waals surface area contributed by atoms with Gasteiger partial charge >= 0.3 is 5.97 Å². The minimum atomic E-state index is -0.0993. The molecular formula is C36H32N4O2Zn. The molecule has 0 radical (unpaired) electrons. The Morgan fingerprint density at radius 1 is 0.674 bits per heavy atom. The van der Waals surface area contributed by atoms with Gasteiger partial charge in [0.15, 0.2) is 0 Å². The molecule has 5 aromatic rings. The van der Waals surface area contributed by atoms with Gasteiger partial charge in [-0.05, 0) is 109 Å². The van der Waals surface area contributed by atoms with Gasteiger partial charge in [0, 0.05) is 48.0 Å². The first kappa shape index (κ1) is 29.9. The summed E-state index contributed by atoms with van der Waals surface area (Å²) < 4.78 is 4.93. The molecule has 0 saturated heterocycles. The van der Waals surface area contributed by atoms with Gasteiger partial charge in [0.05, 0.1) is 29.4 Å². The monoisotopic (exact) mass is 616 g/mol. The zero-order valence-electron chi connectivity index (χ0n) is 24.2. The first-order valence-electron chi connectivity index (χ1n) is 14.3. The smallest absolute Gasteiger partial charge is 0.305 e. The van der Waals surface area contributed by atoms with Crippen molar-refractivity contribution in [3.8, 4) is 0 Å². The van der Waals surface area contributed by atoms with Gasteiger partial charge in [-0.2, -0.15) is 0 Å². The first-order chi connectivity index (χ1) is 20.6. The standard InChI is InChI=1S/C20H14N4.C16H18O2.Zn/c1-2-14-10-16-5-6-18(23-16)12-20-8-7-19(24-20)11-17-4-3-15(22-17)9-13(1)21-14;1-2-18-16(17)12-6-10-14-9-5-8-13-7-3-4-11-15(13)14;/h1-12,21-22H;3-5,7-9,11H,2,6,10,12H2,1H3;. The molecule has 2 aliphatic heterocycles. The number of aromatic nitrogens is 4. The molecule has 210 valence electrons. The van der Waals surface area contributed by atoms with Crippen molar-refractivity contribution >= 4 is 63.1 Å². The topological polar surface area (TPSA) is 83.7 Å². The molecule has 0 spiro atoms. The summed E-state index contributed by atoms with van der Waals surface area (Å²) in [5.74, 6) is -0.0993. The number of aryl methyl sites for hydroxylation is 1. The number of H-pyrrole nitrogens is 2. The van der Waals surface area contributed by atoms with E-state index in [1.165, 1.54) is 16.3 Å². The molecule has 3 aromatic heterocycles. The summed E-state index contributed by atoms with van der Waals surface area (Å²) >= 11 is 0. The maximum Gasteiger partial charge on any atom is 0.305 e. The number of carbonyl (C=O) groups is 1. The Morgan fingerprint density at radius 2 is 1.21 bits per heavy atom. The van der Waals surface area contributed by atoms with Crippen LogP contribution in [0.5, 0.6) is 0 Å². The quantitative estimate of drug-likeness (QED) is 0.150. The third-order valence-electron chi connectivity index (χ3n) is 7.05. The Morgan fingerprint density at radius 3 is 1.81 bits per heavy atom. The third kappa shape index (κ3) is 7.82. The van der Waals surface area contributed by atoms with Gasteiger partial charge < -0.3 is 14.7 Å². The molecule has 2 N–H and O–H groups in total. The van der Waals surface area contributed by atoms with Crippen molar-refractivity contribution in [2.45, 2.75) is 26.2 Å². The molecule has 7 heteroatoms. The second kappa shape index (κ2) is 14.0. The summed E-state index contributed by atoms with van der Waals surface area (Å²) in [6.07, 6.45) is 10.3. The predicted octanol–water partition coefficient (Wildman–Crippen LogP) is 8.38. The Labute approximate surface area is 263 Å². The van der Waals surface area contributed by atoms with Gasteiger partial charge in [0.2, 0.25) is 0 Å². The maximum atomic E-state index is 11.3. The fraction of sp³-hybridized carbons (Fsp3) is 0.139. The number of hydrogen-bond donors (Lipinski definition) is 2. The molecule has 2 aromatic carbocycles. The minimum Gasteiger partial charge on any atom is -0.466 e. The molecular weight excluding hydrogens is 586 g/mol. The van der Waals surface area contributed by atoms with Crippen LogP contribution < -0.4 is 0 Å². The van der Waals surface area contributed by atoms with Gasteiger partial charge in [-0.1, -0.05) is 42.5 Å². The molecule has 0 atom stereocenters. The first-order valence-corrected chi connectivity index (χ1v) is 14.3. The van der Waals surface area contributed by atoms with Gasteiger partial charge in [0.1, 0.15) is 0 Å². The molecule has 6 nitrogen and oxygen atoms in total. The summed E-state index contributed by atoms with van der Waals surface area (Å²) in [6, 6.07) is 31.1. The normalized spacial score (nSPS) is 11.5. The second-order valence-electron chi connectivity index (χ2n) is 10.2. The summed E-state index contributed by atoms with van der Waals surface area (Å²) in [5.41, 5.74) is 9.16. The van der Waals surface area contributed by atoms with Crippen LogP contribution in [-0.4, -0.2) is 32.5 Å². The number of aromatic amines is 2. The van der Waals surface area contributed by atoms with Crippen LogP contribution >= 0.6 is 0 Å². The molecule has 0 amide bonds. The average Bonchev–Trinajstić information content (AvgIpc) is 3.80. The van der Waals surface area contributed by atoms with Crippen LogP contribution in [-0.2, 0) is 35.4 Å².